The number of benzene rings is 18. The molecule has 20 rings (SSSR count). The minimum absolute atomic E-state index is 0.851. The van der Waals surface area contributed by atoms with E-state index in [4.69, 9.17) is 8.83 Å². The fourth-order valence-corrected chi connectivity index (χ4v) is 16.3. The first-order valence-corrected chi connectivity index (χ1v) is 33.1. The second-order valence-corrected chi connectivity index (χ2v) is 25.5. The summed E-state index contributed by atoms with van der Waals surface area (Å²) in [6, 6.07) is 125. The highest BCUT2D eigenvalue weighted by atomic mass is 16.3. The van der Waals surface area contributed by atoms with Gasteiger partial charge in [-0.25, -0.2) is 0 Å². The Bertz CT molecular complexity index is 6500. The topological polar surface area (TPSA) is 26.3 Å². The standard InChI is InChI=1S/C94H56O2/c1-4-24-57(25-5-1)63-48-49-78(65-31-11-10-30-64(63)65)89-70-35-14-16-37-72(70)90(73-38-17-15-36-71(73)89)82-53-51-80-69-47-46-61(56-86(69)96-94(80)88(82)59-28-8-3-9-29-59)60-44-45-62-55-84(67-33-13-12-32-66(67)83(62)54-60)92-76-41-20-18-39-74(76)91(75-40-19-21-42-77(75)92)81-52-50-79-68-34-22-23-43-85(68)95-93(79)87(81)58-26-6-2-7-27-58/h1-56H. The molecule has 20 aromatic rings. The van der Waals surface area contributed by atoms with E-state index in [0.717, 1.165) is 88.4 Å². The summed E-state index contributed by atoms with van der Waals surface area (Å²) in [4.78, 5) is 0. The maximum absolute atomic E-state index is 7.36. The number of furan rings is 2. The van der Waals surface area contributed by atoms with Crippen LogP contribution in [0.25, 0.3) is 208 Å². The molecule has 2 aromatic heterocycles. The molecule has 2 heteroatoms. The van der Waals surface area contributed by atoms with Crippen LogP contribution < -0.4 is 0 Å². The van der Waals surface area contributed by atoms with E-state index in [1.807, 2.05) is 0 Å². The predicted molar refractivity (Wildman–Crippen MR) is 407 cm³/mol. The summed E-state index contributed by atoms with van der Waals surface area (Å²) in [5.74, 6) is 0. The van der Waals surface area contributed by atoms with Crippen LogP contribution in [0.2, 0.25) is 0 Å². The molecule has 0 aliphatic rings. The minimum atomic E-state index is 0.851. The summed E-state index contributed by atoms with van der Waals surface area (Å²) in [6.45, 7) is 0. The van der Waals surface area contributed by atoms with Crippen molar-refractivity contribution in [3.05, 3.63) is 340 Å². The lowest BCUT2D eigenvalue weighted by Crippen LogP contribution is -1.94. The van der Waals surface area contributed by atoms with E-state index in [1.54, 1.807) is 0 Å². The van der Waals surface area contributed by atoms with Gasteiger partial charge in [0.25, 0.3) is 0 Å². The molecule has 0 saturated carbocycles. The fourth-order valence-electron chi connectivity index (χ4n) is 16.3. The molecule has 0 atom stereocenters. The van der Waals surface area contributed by atoms with E-state index in [9.17, 15) is 0 Å². The Morgan fingerprint density at radius 1 is 0.146 bits per heavy atom. The second kappa shape index (κ2) is 21.5. The summed E-state index contributed by atoms with van der Waals surface area (Å²) in [5, 5.41) is 21.3. The average molecular weight is 1220 g/mol. The van der Waals surface area contributed by atoms with Crippen LogP contribution in [-0.4, -0.2) is 0 Å². The summed E-state index contributed by atoms with van der Waals surface area (Å²) < 4.78 is 14.2. The van der Waals surface area contributed by atoms with Crippen molar-refractivity contribution in [3.63, 3.8) is 0 Å². The predicted octanol–water partition coefficient (Wildman–Crippen LogP) is 26.9. The Morgan fingerprint density at radius 3 is 0.990 bits per heavy atom. The largest absolute Gasteiger partial charge is 0.455 e. The molecule has 0 bridgehead atoms. The van der Waals surface area contributed by atoms with Crippen molar-refractivity contribution in [2.45, 2.75) is 0 Å². The maximum atomic E-state index is 7.36. The Balaban J connectivity index is 0.740. The third-order valence-electron chi connectivity index (χ3n) is 20.5. The van der Waals surface area contributed by atoms with Gasteiger partial charge in [-0.2, -0.15) is 0 Å². The average Bonchev–Trinajstić information content (AvgIpc) is 1.01. The van der Waals surface area contributed by atoms with Crippen molar-refractivity contribution in [3.8, 4) is 89.0 Å². The summed E-state index contributed by atoms with van der Waals surface area (Å²) in [5.41, 5.74) is 22.1. The van der Waals surface area contributed by atoms with Crippen LogP contribution in [0, 0.1) is 0 Å². The van der Waals surface area contributed by atoms with Gasteiger partial charge in [0.15, 0.2) is 0 Å². The van der Waals surface area contributed by atoms with Gasteiger partial charge in [0, 0.05) is 32.7 Å². The van der Waals surface area contributed by atoms with Crippen LogP contribution in [0.15, 0.2) is 349 Å². The normalized spacial score (nSPS) is 12.0. The van der Waals surface area contributed by atoms with Gasteiger partial charge in [0.05, 0.1) is 0 Å². The molecule has 2 nitrogen and oxygen atoms in total. The second-order valence-electron chi connectivity index (χ2n) is 25.5. The zero-order chi connectivity index (χ0) is 63.0. The van der Waals surface area contributed by atoms with Gasteiger partial charge in [0.2, 0.25) is 0 Å². The quantitative estimate of drug-likeness (QED) is 0.112. The molecule has 0 amide bonds. The van der Waals surface area contributed by atoms with Crippen LogP contribution in [0.5, 0.6) is 0 Å². The molecule has 444 valence electrons. The molecule has 0 aliphatic carbocycles. The molecule has 0 saturated heterocycles. The molecular weight excluding hydrogens is 1160 g/mol. The van der Waals surface area contributed by atoms with Crippen molar-refractivity contribution in [1.82, 2.24) is 0 Å². The Labute approximate surface area is 553 Å². The minimum Gasteiger partial charge on any atom is -0.455 e. The lowest BCUT2D eigenvalue weighted by atomic mass is 9.82. The first-order chi connectivity index (χ1) is 47.7. The fraction of sp³-hybridized carbons (Fsp3) is 0. The van der Waals surface area contributed by atoms with Crippen LogP contribution in [-0.2, 0) is 0 Å². The van der Waals surface area contributed by atoms with Crippen LogP contribution in [0.4, 0.5) is 0 Å². The highest BCUT2D eigenvalue weighted by Crippen LogP contribution is 2.53. The van der Waals surface area contributed by atoms with Gasteiger partial charge < -0.3 is 8.83 Å². The van der Waals surface area contributed by atoms with Gasteiger partial charge in [-0.05, 0) is 196 Å². The molecule has 0 fully saturated rings. The number of rotatable bonds is 8. The zero-order valence-electron chi connectivity index (χ0n) is 52.1. The van der Waals surface area contributed by atoms with Gasteiger partial charge in [-0.3, -0.25) is 0 Å². The van der Waals surface area contributed by atoms with Crippen molar-refractivity contribution >= 4 is 119 Å². The highest BCUT2D eigenvalue weighted by molar-refractivity contribution is 6.29. The van der Waals surface area contributed by atoms with Crippen LogP contribution in [0.1, 0.15) is 0 Å². The number of fused-ring (bicyclic) bond motifs is 14. The molecule has 0 unspecified atom stereocenters. The molecule has 0 spiro atoms. The third kappa shape index (κ3) is 8.19. The summed E-state index contributed by atoms with van der Waals surface area (Å²) in [7, 11) is 0. The van der Waals surface area contributed by atoms with Gasteiger partial charge in [0.1, 0.15) is 22.3 Å². The Morgan fingerprint density at radius 2 is 0.479 bits per heavy atom. The van der Waals surface area contributed by atoms with Crippen LogP contribution in [0.3, 0.4) is 0 Å². The first kappa shape index (κ1) is 54.0. The van der Waals surface area contributed by atoms with E-state index in [-0.39, 0.29) is 0 Å². The third-order valence-corrected chi connectivity index (χ3v) is 20.5. The van der Waals surface area contributed by atoms with Gasteiger partial charge in [-0.1, -0.05) is 297 Å². The number of hydrogen-bond donors (Lipinski definition) is 0. The lowest BCUT2D eigenvalue weighted by Gasteiger charge is -2.21. The molecule has 18 aromatic carbocycles. The Hall–Kier alpha value is -12.6. The summed E-state index contributed by atoms with van der Waals surface area (Å²) >= 11 is 0. The Kier molecular flexibility index (Phi) is 12.1. The first-order valence-electron chi connectivity index (χ1n) is 33.1. The van der Waals surface area contributed by atoms with Gasteiger partial charge >= 0.3 is 0 Å². The van der Waals surface area contributed by atoms with E-state index >= 15 is 0 Å². The van der Waals surface area contributed by atoms with E-state index in [2.05, 4.69) is 340 Å². The zero-order valence-corrected chi connectivity index (χ0v) is 52.1. The van der Waals surface area contributed by atoms with Crippen LogP contribution >= 0.6 is 0 Å². The van der Waals surface area contributed by atoms with Gasteiger partial charge in [-0.15, -0.1) is 0 Å². The molecule has 0 N–H and O–H groups in total. The van der Waals surface area contributed by atoms with E-state index in [0.29, 0.717) is 0 Å². The number of hydrogen-bond acceptors (Lipinski definition) is 2. The van der Waals surface area contributed by atoms with E-state index in [1.165, 1.54) is 120 Å². The maximum Gasteiger partial charge on any atom is 0.143 e. The van der Waals surface area contributed by atoms with Crippen molar-refractivity contribution < 1.29 is 8.83 Å². The van der Waals surface area contributed by atoms with Crippen molar-refractivity contribution in [2.24, 2.45) is 0 Å². The van der Waals surface area contributed by atoms with Crippen molar-refractivity contribution in [2.75, 3.05) is 0 Å². The molecular formula is C94H56O2. The molecule has 0 radical (unpaired) electrons. The molecule has 0 aliphatic heterocycles. The number of para-hydroxylation sites is 1. The lowest BCUT2D eigenvalue weighted by molar-refractivity contribution is 0.670. The van der Waals surface area contributed by atoms with Crippen molar-refractivity contribution in [1.29, 1.82) is 0 Å². The highest BCUT2D eigenvalue weighted by Gasteiger charge is 2.27. The summed E-state index contributed by atoms with van der Waals surface area (Å²) in [6.07, 6.45) is 0. The monoisotopic (exact) mass is 1220 g/mol. The molecule has 2 heterocycles. The SMILES string of the molecule is c1ccc(-c2ccc(-c3c4ccccc4c(-c4ccc5c(oc6cc(-c7ccc8cc(-c9c%10ccccc%10c(-c%10ccc%11c(oc%12ccccc%12%11)c%10-c%10ccccc%10)c%10ccccc9%10)c9ccccc9c8c7)ccc65)c4-c4ccccc4)c4ccccc34)c3ccccc23)cc1. The van der Waals surface area contributed by atoms with E-state index < -0.39 is 0 Å². The smallest absolute Gasteiger partial charge is 0.143 e. The molecule has 96 heavy (non-hydrogen) atoms.